The predicted octanol–water partition coefficient (Wildman–Crippen LogP) is 3.59. The minimum Gasteiger partial charge on any atom is -0.507 e. The Balaban J connectivity index is 1.26. The molecule has 0 amide bonds. The van der Waals surface area contributed by atoms with Gasteiger partial charge in [0.25, 0.3) is 0 Å². The van der Waals surface area contributed by atoms with Gasteiger partial charge in [0, 0.05) is 36.5 Å². The number of rotatable bonds is 5. The lowest BCUT2D eigenvalue weighted by Gasteiger charge is -2.29. The van der Waals surface area contributed by atoms with Crippen LogP contribution < -0.4 is 10.6 Å². The second-order valence-corrected chi connectivity index (χ2v) is 8.66. The van der Waals surface area contributed by atoms with E-state index in [0.29, 0.717) is 29.3 Å². The summed E-state index contributed by atoms with van der Waals surface area (Å²) in [5.41, 5.74) is 3.14. The average Bonchev–Trinajstić information content (AvgIpc) is 3.26. The van der Waals surface area contributed by atoms with Crippen molar-refractivity contribution in [3.8, 4) is 22.7 Å². The molecule has 3 N–H and O–H groups in total. The molecule has 7 heteroatoms. The van der Waals surface area contributed by atoms with Gasteiger partial charge < -0.3 is 20.3 Å². The number of hydrogen-bond acceptors (Lipinski definition) is 6. The number of nitrogens with zero attached hydrogens (tertiary/aromatic N) is 4. The molecule has 1 aromatic carbocycles. The lowest BCUT2D eigenvalue weighted by Crippen LogP contribution is -2.40. The van der Waals surface area contributed by atoms with Crippen molar-refractivity contribution < 1.29 is 5.11 Å². The van der Waals surface area contributed by atoms with Gasteiger partial charge in [-0.15, -0.1) is 10.2 Å². The molecule has 2 unspecified atom stereocenters. The highest BCUT2D eigenvalue weighted by molar-refractivity contribution is 5.69. The highest BCUT2D eigenvalue weighted by Crippen LogP contribution is 2.32. The second kappa shape index (κ2) is 7.72. The number of hydrogen-bond donors (Lipinski definition) is 3. The maximum absolute atomic E-state index is 10.6. The van der Waals surface area contributed by atoms with Crippen LogP contribution in [0.25, 0.3) is 16.9 Å². The fraction of sp³-hybridized carbons (Fsp3) is 0.435. The molecule has 0 radical (unpaired) electrons. The van der Waals surface area contributed by atoms with E-state index in [1.807, 2.05) is 48.9 Å². The van der Waals surface area contributed by atoms with E-state index in [-0.39, 0.29) is 5.75 Å². The number of aromatic hydroxyl groups is 1. The van der Waals surface area contributed by atoms with Gasteiger partial charge in [-0.2, -0.15) is 0 Å². The quantitative estimate of drug-likeness (QED) is 0.602. The van der Waals surface area contributed by atoms with E-state index in [9.17, 15) is 5.11 Å². The normalized spacial score (nSPS) is 22.9. The number of aromatic nitrogens is 4. The monoisotopic (exact) mass is 404 g/mol. The van der Waals surface area contributed by atoms with Crippen molar-refractivity contribution in [2.24, 2.45) is 5.92 Å². The van der Waals surface area contributed by atoms with Gasteiger partial charge in [0.05, 0.1) is 17.1 Å². The van der Waals surface area contributed by atoms with Crippen molar-refractivity contribution in [3.05, 3.63) is 48.0 Å². The molecule has 0 saturated carbocycles. The Hall–Kier alpha value is -2.93. The topological polar surface area (TPSA) is 87.9 Å². The minimum atomic E-state index is 0.179. The lowest BCUT2D eigenvalue weighted by atomic mass is 9.92. The molecule has 156 valence electrons. The predicted molar refractivity (Wildman–Crippen MR) is 117 cm³/mol. The maximum Gasteiger partial charge on any atom is 0.148 e. The molecule has 4 heterocycles. The Morgan fingerprint density at radius 3 is 2.53 bits per heavy atom. The van der Waals surface area contributed by atoms with Crippen LogP contribution in [0, 0.1) is 19.8 Å². The SMILES string of the molecule is Cc1cn(-c2ccc(-c3ccc(NCC4CC5CCC(C4)N5)nn3)c(O)c2)c(C)n1. The van der Waals surface area contributed by atoms with Crippen molar-refractivity contribution in [1.82, 2.24) is 25.1 Å². The van der Waals surface area contributed by atoms with Crippen LogP contribution in [0.2, 0.25) is 0 Å². The van der Waals surface area contributed by atoms with Crippen LogP contribution in [0.3, 0.4) is 0 Å². The van der Waals surface area contributed by atoms with Crippen LogP contribution in [0.5, 0.6) is 5.75 Å². The summed E-state index contributed by atoms with van der Waals surface area (Å²) in [4.78, 5) is 4.42. The molecule has 7 nitrogen and oxygen atoms in total. The number of aryl methyl sites for hydroxylation is 2. The van der Waals surface area contributed by atoms with Crippen molar-refractivity contribution in [1.29, 1.82) is 0 Å². The zero-order valence-corrected chi connectivity index (χ0v) is 17.5. The summed E-state index contributed by atoms with van der Waals surface area (Å²) in [7, 11) is 0. The number of benzene rings is 1. The third kappa shape index (κ3) is 3.77. The van der Waals surface area contributed by atoms with E-state index in [1.54, 1.807) is 6.07 Å². The first kappa shape index (κ1) is 19.1. The fourth-order valence-electron chi connectivity index (χ4n) is 4.93. The largest absolute Gasteiger partial charge is 0.507 e. The van der Waals surface area contributed by atoms with Crippen LogP contribution >= 0.6 is 0 Å². The molecule has 2 aromatic heterocycles. The summed E-state index contributed by atoms with van der Waals surface area (Å²) in [5.74, 6) is 2.54. The highest BCUT2D eigenvalue weighted by Gasteiger charge is 2.33. The van der Waals surface area contributed by atoms with Gasteiger partial charge >= 0.3 is 0 Å². The molecule has 2 fully saturated rings. The van der Waals surface area contributed by atoms with Gasteiger partial charge in [-0.05, 0) is 69.7 Å². The fourth-order valence-corrected chi connectivity index (χ4v) is 4.93. The first-order chi connectivity index (χ1) is 14.5. The Morgan fingerprint density at radius 2 is 1.90 bits per heavy atom. The number of imidazole rings is 1. The van der Waals surface area contributed by atoms with Gasteiger partial charge in [0.2, 0.25) is 0 Å². The molecule has 2 saturated heterocycles. The summed E-state index contributed by atoms with van der Waals surface area (Å²) in [6.45, 7) is 4.84. The number of anilines is 1. The minimum absolute atomic E-state index is 0.179. The third-order valence-electron chi connectivity index (χ3n) is 6.35. The summed E-state index contributed by atoms with van der Waals surface area (Å²) >= 11 is 0. The number of fused-ring (bicyclic) bond motifs is 2. The van der Waals surface area contributed by atoms with Crippen molar-refractivity contribution in [3.63, 3.8) is 0 Å². The Morgan fingerprint density at radius 1 is 1.10 bits per heavy atom. The molecule has 2 aliphatic rings. The van der Waals surface area contributed by atoms with E-state index in [1.165, 1.54) is 25.7 Å². The van der Waals surface area contributed by atoms with Gasteiger partial charge in [0.15, 0.2) is 0 Å². The van der Waals surface area contributed by atoms with E-state index in [4.69, 9.17) is 0 Å². The van der Waals surface area contributed by atoms with Crippen LogP contribution in [0.4, 0.5) is 5.82 Å². The molecule has 0 spiro atoms. The zero-order chi connectivity index (χ0) is 20.7. The first-order valence-electron chi connectivity index (χ1n) is 10.7. The number of phenolic OH excluding ortho intramolecular Hbond substituents is 1. The first-order valence-corrected chi connectivity index (χ1v) is 10.7. The molecule has 2 atom stereocenters. The van der Waals surface area contributed by atoms with E-state index < -0.39 is 0 Å². The molecule has 2 bridgehead atoms. The Bertz CT molecular complexity index is 1030. The summed E-state index contributed by atoms with van der Waals surface area (Å²) < 4.78 is 1.96. The van der Waals surface area contributed by atoms with Crippen molar-refractivity contribution in [2.75, 3.05) is 11.9 Å². The van der Waals surface area contributed by atoms with Gasteiger partial charge in [-0.3, -0.25) is 0 Å². The molecule has 5 rings (SSSR count). The summed E-state index contributed by atoms with van der Waals surface area (Å²) in [6.07, 6.45) is 7.07. The molecular formula is C23H28N6O. The van der Waals surface area contributed by atoms with Gasteiger partial charge in [-0.1, -0.05) is 0 Å². The average molecular weight is 405 g/mol. The molecular weight excluding hydrogens is 376 g/mol. The van der Waals surface area contributed by atoms with Gasteiger partial charge in [0.1, 0.15) is 17.4 Å². The van der Waals surface area contributed by atoms with Crippen molar-refractivity contribution >= 4 is 5.82 Å². The maximum atomic E-state index is 10.6. The highest BCUT2D eigenvalue weighted by atomic mass is 16.3. The summed E-state index contributed by atoms with van der Waals surface area (Å²) in [6, 6.07) is 10.8. The van der Waals surface area contributed by atoms with Crippen LogP contribution in [0.1, 0.15) is 37.2 Å². The third-order valence-corrected chi connectivity index (χ3v) is 6.35. The number of phenols is 1. The molecule has 3 aromatic rings. The number of piperidine rings is 1. The van der Waals surface area contributed by atoms with Crippen LogP contribution in [-0.2, 0) is 0 Å². The van der Waals surface area contributed by atoms with Crippen LogP contribution in [-0.4, -0.2) is 43.5 Å². The molecule has 0 aliphatic carbocycles. The second-order valence-electron chi connectivity index (χ2n) is 8.66. The standard InChI is InChI=1S/C23H28N6O/c1-14-13-29(15(2)25-14)19-5-6-20(22(30)11-19)21-7-8-23(28-27-21)24-12-16-9-17-3-4-18(10-16)26-17/h5-8,11,13,16-18,26,30H,3-4,9-10,12H2,1-2H3,(H,24,28). The van der Waals surface area contributed by atoms with E-state index in [0.717, 1.165) is 29.6 Å². The molecule has 30 heavy (non-hydrogen) atoms. The van der Waals surface area contributed by atoms with E-state index in [2.05, 4.69) is 25.8 Å². The molecule has 2 aliphatic heterocycles. The Labute approximate surface area is 176 Å². The lowest BCUT2D eigenvalue weighted by molar-refractivity contribution is 0.311. The summed E-state index contributed by atoms with van der Waals surface area (Å²) in [5, 5.41) is 26.4. The van der Waals surface area contributed by atoms with Gasteiger partial charge in [-0.25, -0.2) is 4.98 Å². The van der Waals surface area contributed by atoms with Crippen molar-refractivity contribution in [2.45, 2.75) is 51.6 Å². The smallest absolute Gasteiger partial charge is 0.148 e. The Kier molecular flexibility index (Phi) is 4.90. The van der Waals surface area contributed by atoms with E-state index >= 15 is 0 Å². The number of nitrogens with one attached hydrogen (secondary N) is 2. The zero-order valence-electron chi connectivity index (χ0n) is 17.5. The van der Waals surface area contributed by atoms with Crippen LogP contribution in [0.15, 0.2) is 36.5 Å².